The lowest BCUT2D eigenvalue weighted by molar-refractivity contribution is 0.549. The molecule has 0 fully saturated rings. The lowest BCUT2D eigenvalue weighted by Gasteiger charge is -2.18. The highest BCUT2D eigenvalue weighted by atomic mass is 32.2. The lowest BCUT2D eigenvalue weighted by atomic mass is 10.0. The van der Waals surface area contributed by atoms with Crippen molar-refractivity contribution in [1.82, 2.24) is 5.32 Å². The first-order valence-electron chi connectivity index (χ1n) is 6.46. The maximum Gasteiger partial charge on any atom is 0.149 e. The van der Waals surface area contributed by atoms with Crippen LogP contribution in [0.15, 0.2) is 24.3 Å². The molecule has 0 aliphatic heterocycles. The number of hydrogen-bond donors (Lipinski definition) is 1. The fraction of sp³-hybridized carbons (Fsp3) is 0.571. The smallest absolute Gasteiger partial charge is 0.149 e. The van der Waals surface area contributed by atoms with Crippen molar-refractivity contribution < 1.29 is 8.42 Å². The molecule has 0 aromatic heterocycles. The van der Waals surface area contributed by atoms with E-state index in [1.165, 1.54) is 11.8 Å². The number of hydrogen-bond acceptors (Lipinski definition) is 3. The Morgan fingerprint density at radius 3 is 2.56 bits per heavy atom. The Balaban J connectivity index is 2.93. The van der Waals surface area contributed by atoms with Gasteiger partial charge in [-0.05, 0) is 30.5 Å². The van der Waals surface area contributed by atoms with Crippen molar-refractivity contribution in [2.45, 2.75) is 32.7 Å². The zero-order chi connectivity index (χ0) is 13.6. The average Bonchev–Trinajstić information content (AvgIpc) is 2.33. The van der Waals surface area contributed by atoms with Crippen molar-refractivity contribution in [3.05, 3.63) is 35.4 Å². The third-order valence-electron chi connectivity index (χ3n) is 2.87. The van der Waals surface area contributed by atoms with Crippen LogP contribution in [0.1, 0.15) is 37.4 Å². The van der Waals surface area contributed by atoms with E-state index in [2.05, 4.69) is 31.3 Å². The SMILES string of the molecule is CCCNC(CS(C)(=O)=O)c1cccc(CC)c1. The molecule has 1 aromatic rings. The van der Waals surface area contributed by atoms with Crippen molar-refractivity contribution >= 4 is 9.84 Å². The van der Waals surface area contributed by atoms with E-state index in [4.69, 9.17) is 0 Å². The summed E-state index contributed by atoms with van der Waals surface area (Å²) < 4.78 is 23.0. The van der Waals surface area contributed by atoms with Crippen LogP contribution in [0.2, 0.25) is 0 Å². The molecule has 0 saturated heterocycles. The molecule has 3 nitrogen and oxygen atoms in total. The van der Waals surface area contributed by atoms with Gasteiger partial charge < -0.3 is 5.32 Å². The van der Waals surface area contributed by atoms with E-state index in [-0.39, 0.29) is 11.8 Å². The van der Waals surface area contributed by atoms with Crippen LogP contribution >= 0.6 is 0 Å². The molecular weight excluding hydrogens is 246 g/mol. The van der Waals surface area contributed by atoms with Gasteiger partial charge in [0.25, 0.3) is 0 Å². The second-order valence-corrected chi connectivity index (χ2v) is 6.88. The van der Waals surface area contributed by atoms with Crippen molar-refractivity contribution in [2.24, 2.45) is 0 Å². The fourth-order valence-corrected chi connectivity index (χ4v) is 2.84. The van der Waals surface area contributed by atoms with Crippen LogP contribution in [0.3, 0.4) is 0 Å². The summed E-state index contributed by atoms with van der Waals surface area (Å²) in [4.78, 5) is 0. The maximum atomic E-state index is 11.5. The Labute approximate surface area is 111 Å². The predicted octanol–water partition coefficient (Wildman–Crippen LogP) is 2.33. The minimum absolute atomic E-state index is 0.105. The van der Waals surface area contributed by atoms with Gasteiger partial charge in [0, 0.05) is 12.3 Å². The summed E-state index contributed by atoms with van der Waals surface area (Å²) in [6.07, 6.45) is 3.25. The summed E-state index contributed by atoms with van der Waals surface area (Å²) in [6.45, 7) is 5.01. The highest BCUT2D eigenvalue weighted by Gasteiger charge is 2.16. The monoisotopic (exact) mass is 269 g/mol. The van der Waals surface area contributed by atoms with E-state index in [0.717, 1.165) is 24.9 Å². The highest BCUT2D eigenvalue weighted by Crippen LogP contribution is 2.17. The number of rotatable bonds is 7. The van der Waals surface area contributed by atoms with E-state index < -0.39 is 9.84 Å². The number of benzene rings is 1. The molecule has 0 bridgehead atoms. The summed E-state index contributed by atoms with van der Waals surface area (Å²) in [6, 6.07) is 8.06. The molecule has 0 heterocycles. The summed E-state index contributed by atoms with van der Waals surface area (Å²) in [5, 5.41) is 3.31. The van der Waals surface area contributed by atoms with Gasteiger partial charge in [0.2, 0.25) is 0 Å². The van der Waals surface area contributed by atoms with Gasteiger partial charge in [-0.2, -0.15) is 0 Å². The van der Waals surface area contributed by atoms with Crippen molar-refractivity contribution in [3.63, 3.8) is 0 Å². The molecule has 4 heteroatoms. The molecule has 1 unspecified atom stereocenters. The number of aryl methyl sites for hydroxylation is 1. The van der Waals surface area contributed by atoms with Gasteiger partial charge in [0.1, 0.15) is 9.84 Å². The topological polar surface area (TPSA) is 46.2 Å². The second-order valence-electron chi connectivity index (χ2n) is 4.70. The van der Waals surface area contributed by atoms with Crippen molar-refractivity contribution in [1.29, 1.82) is 0 Å². The number of nitrogens with one attached hydrogen (secondary N) is 1. The molecule has 0 radical (unpaired) electrons. The Morgan fingerprint density at radius 2 is 2.00 bits per heavy atom. The summed E-state index contributed by atoms with van der Waals surface area (Å²) in [5.74, 6) is 0.153. The molecule has 0 aliphatic rings. The van der Waals surface area contributed by atoms with Crippen LogP contribution in [0.4, 0.5) is 0 Å². The molecule has 1 aromatic carbocycles. The normalized spacial score (nSPS) is 13.5. The first-order valence-corrected chi connectivity index (χ1v) is 8.52. The molecule has 1 N–H and O–H groups in total. The van der Waals surface area contributed by atoms with E-state index in [1.807, 2.05) is 12.1 Å². The van der Waals surface area contributed by atoms with Gasteiger partial charge in [-0.25, -0.2) is 8.42 Å². The van der Waals surface area contributed by atoms with Crippen molar-refractivity contribution in [2.75, 3.05) is 18.6 Å². The molecule has 0 aliphatic carbocycles. The maximum absolute atomic E-state index is 11.5. The van der Waals surface area contributed by atoms with Gasteiger partial charge >= 0.3 is 0 Å². The minimum atomic E-state index is -2.98. The summed E-state index contributed by atoms with van der Waals surface area (Å²) >= 11 is 0. The first-order chi connectivity index (χ1) is 8.46. The standard InChI is InChI=1S/C14H23NO2S/c1-4-9-15-14(11-18(3,16)17)13-8-6-7-12(5-2)10-13/h6-8,10,14-15H,4-5,9,11H2,1-3H3. The zero-order valence-corrected chi connectivity index (χ0v) is 12.3. The fourth-order valence-electron chi connectivity index (χ4n) is 1.92. The highest BCUT2D eigenvalue weighted by molar-refractivity contribution is 7.90. The first kappa shape index (κ1) is 15.2. The van der Waals surface area contributed by atoms with Gasteiger partial charge in [-0.1, -0.05) is 38.1 Å². The van der Waals surface area contributed by atoms with E-state index in [1.54, 1.807) is 0 Å². The predicted molar refractivity (Wildman–Crippen MR) is 76.6 cm³/mol. The molecule has 0 saturated carbocycles. The van der Waals surface area contributed by atoms with Crippen LogP contribution in [0.5, 0.6) is 0 Å². The van der Waals surface area contributed by atoms with Gasteiger partial charge in [-0.3, -0.25) is 0 Å². The largest absolute Gasteiger partial charge is 0.309 e. The van der Waals surface area contributed by atoms with Gasteiger partial charge in [0.15, 0.2) is 0 Å². The number of sulfone groups is 1. The third kappa shape index (κ3) is 5.19. The molecular formula is C14H23NO2S. The summed E-state index contributed by atoms with van der Waals surface area (Å²) in [7, 11) is -2.98. The third-order valence-corrected chi connectivity index (χ3v) is 3.81. The van der Waals surface area contributed by atoms with Crippen molar-refractivity contribution in [3.8, 4) is 0 Å². The Kier molecular flexibility index (Phi) is 5.82. The quantitative estimate of drug-likeness (QED) is 0.826. The molecule has 0 spiro atoms. The molecule has 1 rings (SSSR count). The average molecular weight is 269 g/mol. The Hall–Kier alpha value is -0.870. The van der Waals surface area contributed by atoms with E-state index in [9.17, 15) is 8.42 Å². The van der Waals surface area contributed by atoms with Crippen LogP contribution in [-0.2, 0) is 16.3 Å². The summed E-state index contributed by atoms with van der Waals surface area (Å²) in [5.41, 5.74) is 2.30. The second kappa shape index (κ2) is 6.90. The molecule has 18 heavy (non-hydrogen) atoms. The molecule has 102 valence electrons. The van der Waals surface area contributed by atoms with E-state index >= 15 is 0 Å². The van der Waals surface area contributed by atoms with Crippen LogP contribution in [0, 0.1) is 0 Å². The van der Waals surface area contributed by atoms with E-state index in [0.29, 0.717) is 0 Å². The Morgan fingerprint density at radius 1 is 1.28 bits per heavy atom. The van der Waals surface area contributed by atoms with Gasteiger partial charge in [-0.15, -0.1) is 0 Å². The minimum Gasteiger partial charge on any atom is -0.309 e. The Bertz CT molecular complexity index is 468. The zero-order valence-electron chi connectivity index (χ0n) is 11.4. The molecule has 1 atom stereocenters. The van der Waals surface area contributed by atoms with Crippen LogP contribution in [-0.4, -0.2) is 27.0 Å². The molecule has 0 amide bonds. The van der Waals surface area contributed by atoms with Gasteiger partial charge in [0.05, 0.1) is 5.75 Å². The van der Waals surface area contributed by atoms with Crippen LogP contribution in [0.25, 0.3) is 0 Å². The van der Waals surface area contributed by atoms with Crippen LogP contribution < -0.4 is 5.32 Å². The lowest BCUT2D eigenvalue weighted by Crippen LogP contribution is -2.28.